The summed E-state index contributed by atoms with van der Waals surface area (Å²) in [7, 11) is 0. The summed E-state index contributed by atoms with van der Waals surface area (Å²) >= 11 is 1.68. The van der Waals surface area contributed by atoms with Gasteiger partial charge in [0, 0.05) is 43.2 Å². The topological polar surface area (TPSA) is 57.7 Å². The molecule has 0 atom stereocenters. The number of thiophene rings is 1. The first kappa shape index (κ1) is 14.7. The van der Waals surface area contributed by atoms with Crippen molar-refractivity contribution in [2.45, 2.75) is 19.5 Å². The maximum absolute atomic E-state index is 4.79. The minimum absolute atomic E-state index is 0.849. The van der Waals surface area contributed by atoms with Crippen LogP contribution in [0, 0.1) is 0 Å². The number of nitrogens with zero attached hydrogens (tertiary/aromatic N) is 4. The number of rotatable bonds is 3. The molecule has 0 aliphatic carbocycles. The van der Waals surface area contributed by atoms with Crippen LogP contribution in [0.2, 0.25) is 0 Å². The highest BCUT2D eigenvalue weighted by Gasteiger charge is 2.20. The van der Waals surface area contributed by atoms with Gasteiger partial charge in [0.1, 0.15) is 0 Å². The van der Waals surface area contributed by atoms with Gasteiger partial charge in [-0.25, -0.2) is 9.97 Å². The predicted molar refractivity (Wildman–Crippen MR) is 99.3 cm³/mol. The van der Waals surface area contributed by atoms with Gasteiger partial charge in [0.05, 0.1) is 21.8 Å². The minimum Gasteiger partial charge on any atom is -0.293 e. The molecular weight excluding hydrogens is 330 g/mol. The first-order valence-corrected chi connectivity index (χ1v) is 9.28. The Hall–Kier alpha value is -2.57. The van der Waals surface area contributed by atoms with Crippen LogP contribution in [0.15, 0.2) is 48.0 Å². The summed E-state index contributed by atoms with van der Waals surface area (Å²) in [5.74, 6) is 0.849. The van der Waals surface area contributed by atoms with Crippen molar-refractivity contribution in [3.05, 3.63) is 64.9 Å². The molecule has 0 radical (unpaired) electrons. The van der Waals surface area contributed by atoms with Crippen molar-refractivity contribution in [2.24, 2.45) is 0 Å². The first-order chi connectivity index (χ1) is 12.4. The number of benzene rings is 1. The van der Waals surface area contributed by atoms with Crippen molar-refractivity contribution in [3.63, 3.8) is 0 Å². The van der Waals surface area contributed by atoms with E-state index in [9.17, 15) is 0 Å². The van der Waals surface area contributed by atoms with E-state index in [1.807, 2.05) is 24.4 Å². The summed E-state index contributed by atoms with van der Waals surface area (Å²) in [5.41, 5.74) is 4.62. The Kier molecular flexibility index (Phi) is 3.57. The number of nitrogens with one attached hydrogen (secondary N) is 1. The number of hydrogen-bond acceptors (Lipinski definition) is 5. The van der Waals surface area contributed by atoms with Crippen LogP contribution in [0.3, 0.4) is 0 Å². The maximum atomic E-state index is 4.79. The molecule has 1 aliphatic rings. The van der Waals surface area contributed by atoms with E-state index in [4.69, 9.17) is 4.98 Å². The number of para-hydroxylation sites is 1. The zero-order valence-corrected chi connectivity index (χ0v) is 14.5. The van der Waals surface area contributed by atoms with Gasteiger partial charge in [-0.05, 0) is 17.5 Å². The SMILES string of the molecule is c1csc(-c2ncc3c(n2)CCN(Cc2[nH]nc4ccccc24)C3)c1. The lowest BCUT2D eigenvalue weighted by Gasteiger charge is -2.27. The molecule has 1 aliphatic heterocycles. The van der Waals surface area contributed by atoms with Gasteiger partial charge in [-0.15, -0.1) is 11.3 Å². The van der Waals surface area contributed by atoms with Crippen molar-refractivity contribution < 1.29 is 0 Å². The highest BCUT2D eigenvalue weighted by Crippen LogP contribution is 2.25. The third-order valence-corrected chi connectivity index (χ3v) is 5.54. The summed E-state index contributed by atoms with van der Waals surface area (Å²) < 4.78 is 0. The summed E-state index contributed by atoms with van der Waals surface area (Å²) in [6, 6.07) is 12.4. The van der Waals surface area contributed by atoms with Gasteiger partial charge in [0.2, 0.25) is 0 Å². The summed E-state index contributed by atoms with van der Waals surface area (Å²) in [4.78, 5) is 12.9. The fraction of sp³-hybridized carbons (Fsp3) is 0.211. The summed E-state index contributed by atoms with van der Waals surface area (Å²) in [5, 5.41) is 10.9. The largest absolute Gasteiger partial charge is 0.293 e. The van der Waals surface area contributed by atoms with Crippen molar-refractivity contribution in [1.82, 2.24) is 25.1 Å². The number of hydrogen-bond donors (Lipinski definition) is 1. The molecule has 0 fully saturated rings. The second kappa shape index (κ2) is 6.06. The molecule has 0 saturated carbocycles. The van der Waals surface area contributed by atoms with E-state index in [1.54, 1.807) is 11.3 Å². The van der Waals surface area contributed by atoms with Crippen LogP contribution in [0.25, 0.3) is 21.6 Å². The molecule has 0 amide bonds. The third kappa shape index (κ3) is 2.73. The number of aromatic nitrogens is 4. The van der Waals surface area contributed by atoms with Crippen LogP contribution in [0.5, 0.6) is 0 Å². The van der Waals surface area contributed by atoms with E-state index >= 15 is 0 Å². The molecule has 6 heteroatoms. The fourth-order valence-corrected chi connectivity index (χ4v) is 4.06. The zero-order chi connectivity index (χ0) is 16.6. The highest BCUT2D eigenvalue weighted by atomic mass is 32.1. The smallest absolute Gasteiger partial charge is 0.169 e. The van der Waals surface area contributed by atoms with Crippen molar-refractivity contribution >= 4 is 22.2 Å². The third-order valence-electron chi connectivity index (χ3n) is 4.68. The van der Waals surface area contributed by atoms with Crippen LogP contribution in [0.1, 0.15) is 17.0 Å². The summed E-state index contributed by atoms with van der Waals surface area (Å²) in [6.45, 7) is 2.75. The molecule has 0 bridgehead atoms. The first-order valence-electron chi connectivity index (χ1n) is 8.40. The molecule has 5 nitrogen and oxygen atoms in total. The Bertz CT molecular complexity index is 1020. The quantitative estimate of drug-likeness (QED) is 0.615. The molecule has 1 aromatic carbocycles. The molecule has 25 heavy (non-hydrogen) atoms. The number of H-pyrrole nitrogens is 1. The molecule has 0 unspecified atom stereocenters. The molecule has 124 valence electrons. The van der Waals surface area contributed by atoms with E-state index in [-0.39, 0.29) is 0 Å². The maximum Gasteiger partial charge on any atom is 0.169 e. The van der Waals surface area contributed by atoms with E-state index in [0.717, 1.165) is 42.3 Å². The molecule has 4 aromatic rings. The molecule has 5 rings (SSSR count). The molecular formula is C19H17N5S. The van der Waals surface area contributed by atoms with Crippen LogP contribution < -0.4 is 0 Å². The Balaban J connectivity index is 1.37. The predicted octanol–water partition coefficient (Wildman–Crippen LogP) is 3.64. The Morgan fingerprint density at radius 3 is 3.04 bits per heavy atom. The highest BCUT2D eigenvalue weighted by molar-refractivity contribution is 7.13. The van der Waals surface area contributed by atoms with Crippen LogP contribution in [-0.4, -0.2) is 31.6 Å². The lowest BCUT2D eigenvalue weighted by molar-refractivity contribution is 0.241. The standard InChI is InChI=1S/C19H17N5S/c1-2-5-16-14(4-1)17(23-22-16)12-24-8-7-15-13(11-24)10-20-19(21-15)18-6-3-9-25-18/h1-6,9-10H,7-8,11-12H2,(H,22,23). The van der Waals surface area contributed by atoms with E-state index < -0.39 is 0 Å². The van der Waals surface area contributed by atoms with Gasteiger partial charge in [-0.3, -0.25) is 10.00 Å². The van der Waals surface area contributed by atoms with E-state index in [0.29, 0.717) is 0 Å². The molecule has 1 N–H and O–H groups in total. The average molecular weight is 347 g/mol. The Morgan fingerprint density at radius 2 is 2.12 bits per heavy atom. The molecule has 0 saturated heterocycles. The van der Waals surface area contributed by atoms with Crippen LogP contribution in [0.4, 0.5) is 0 Å². The normalized spacial score (nSPS) is 14.7. The number of fused-ring (bicyclic) bond motifs is 2. The second-order valence-electron chi connectivity index (χ2n) is 6.32. The molecule has 4 heterocycles. The van der Waals surface area contributed by atoms with Gasteiger partial charge in [-0.2, -0.15) is 5.10 Å². The second-order valence-corrected chi connectivity index (χ2v) is 7.27. The number of aromatic amines is 1. The Morgan fingerprint density at radius 1 is 1.16 bits per heavy atom. The lowest BCUT2D eigenvalue weighted by atomic mass is 10.1. The summed E-state index contributed by atoms with van der Waals surface area (Å²) in [6.07, 6.45) is 2.96. The van der Waals surface area contributed by atoms with Gasteiger partial charge in [0.25, 0.3) is 0 Å². The van der Waals surface area contributed by atoms with Crippen LogP contribution in [-0.2, 0) is 19.5 Å². The monoisotopic (exact) mass is 347 g/mol. The van der Waals surface area contributed by atoms with E-state index in [1.165, 1.54) is 22.3 Å². The van der Waals surface area contributed by atoms with Gasteiger partial charge < -0.3 is 0 Å². The van der Waals surface area contributed by atoms with Crippen LogP contribution >= 0.6 is 11.3 Å². The van der Waals surface area contributed by atoms with Gasteiger partial charge in [0.15, 0.2) is 5.82 Å². The lowest BCUT2D eigenvalue weighted by Crippen LogP contribution is -2.31. The fourth-order valence-electron chi connectivity index (χ4n) is 3.39. The molecule has 3 aromatic heterocycles. The van der Waals surface area contributed by atoms with Crippen molar-refractivity contribution in [1.29, 1.82) is 0 Å². The Labute approximate surface area is 149 Å². The average Bonchev–Trinajstić information content (AvgIpc) is 3.32. The van der Waals surface area contributed by atoms with Crippen molar-refractivity contribution in [3.8, 4) is 10.7 Å². The zero-order valence-electron chi connectivity index (χ0n) is 13.6. The van der Waals surface area contributed by atoms with Gasteiger partial charge in [-0.1, -0.05) is 24.3 Å². The molecule has 0 spiro atoms. The van der Waals surface area contributed by atoms with E-state index in [2.05, 4.69) is 43.7 Å². The van der Waals surface area contributed by atoms with Gasteiger partial charge >= 0.3 is 0 Å². The van der Waals surface area contributed by atoms with Crippen molar-refractivity contribution in [2.75, 3.05) is 6.54 Å². The minimum atomic E-state index is 0.849.